The third kappa shape index (κ3) is 5.30. The van der Waals surface area contributed by atoms with Crippen LogP contribution in [0, 0.1) is 6.92 Å². The van der Waals surface area contributed by atoms with Crippen LogP contribution in [0.3, 0.4) is 0 Å². The fourth-order valence-corrected chi connectivity index (χ4v) is 6.01. The average Bonchev–Trinajstić information content (AvgIpc) is 3.48. The van der Waals surface area contributed by atoms with Gasteiger partial charge in [0.25, 0.3) is 0 Å². The van der Waals surface area contributed by atoms with Gasteiger partial charge >= 0.3 is 0 Å². The second kappa shape index (κ2) is 12.2. The molecule has 0 bridgehead atoms. The van der Waals surface area contributed by atoms with Crippen LogP contribution in [0.25, 0.3) is 22.0 Å². The maximum atomic E-state index is 13.0. The highest BCUT2D eigenvalue weighted by atomic mass is 35.5. The standard InChI is InChI=1S/C33H35ClN6O2/c1-6-31(42)38-13-15-39(16-14-38)33(35-5)25-17-27(34)24(32-22(4)11-12-28-26(32)19-36-37-28)18-30(25)40(20-41)29-10-8-7-9-23(29)21(2)3/h6-12,17-21H,1,13-16H2,2-5H3,(H,36,37). The second-order valence-electron chi connectivity index (χ2n) is 10.7. The Morgan fingerprint density at radius 1 is 1.10 bits per heavy atom. The monoisotopic (exact) mass is 582 g/mol. The molecule has 1 aliphatic heterocycles. The number of anilines is 2. The molecule has 4 aromatic rings. The van der Waals surface area contributed by atoms with E-state index in [1.54, 1.807) is 23.0 Å². The Kier molecular flexibility index (Phi) is 8.45. The molecule has 1 aliphatic rings. The first-order valence-corrected chi connectivity index (χ1v) is 14.4. The number of rotatable bonds is 7. The number of carbonyl (C=O) groups excluding carboxylic acids is 2. The van der Waals surface area contributed by atoms with Crippen LogP contribution in [0.5, 0.6) is 0 Å². The summed E-state index contributed by atoms with van der Waals surface area (Å²) in [6, 6.07) is 15.9. The lowest BCUT2D eigenvalue weighted by Gasteiger charge is -2.37. The molecule has 5 rings (SSSR count). The highest BCUT2D eigenvalue weighted by molar-refractivity contribution is 6.34. The van der Waals surface area contributed by atoms with Crippen LogP contribution in [-0.2, 0) is 9.59 Å². The van der Waals surface area contributed by atoms with Gasteiger partial charge in [0, 0.05) is 54.8 Å². The predicted molar refractivity (Wildman–Crippen MR) is 171 cm³/mol. The van der Waals surface area contributed by atoms with Gasteiger partial charge < -0.3 is 9.80 Å². The lowest BCUT2D eigenvalue weighted by molar-refractivity contribution is -0.127. The van der Waals surface area contributed by atoms with Crippen molar-refractivity contribution in [3.05, 3.63) is 89.1 Å². The van der Waals surface area contributed by atoms with E-state index in [9.17, 15) is 9.59 Å². The molecular formula is C33H35ClN6O2. The van der Waals surface area contributed by atoms with Gasteiger partial charge in [0.2, 0.25) is 12.3 Å². The summed E-state index contributed by atoms with van der Waals surface area (Å²) in [4.78, 5) is 35.5. The number of benzene rings is 3. The number of amidine groups is 1. The molecule has 3 aromatic carbocycles. The number of piperazine rings is 1. The van der Waals surface area contributed by atoms with Crippen LogP contribution in [0.4, 0.5) is 11.4 Å². The first kappa shape index (κ1) is 29.1. The molecule has 0 saturated carbocycles. The number of aromatic amines is 1. The van der Waals surface area contributed by atoms with Crippen molar-refractivity contribution in [2.75, 3.05) is 38.1 Å². The molecule has 0 aliphatic carbocycles. The first-order valence-electron chi connectivity index (χ1n) is 14.0. The topological polar surface area (TPSA) is 84.9 Å². The van der Waals surface area contributed by atoms with Crippen molar-refractivity contribution in [3.63, 3.8) is 0 Å². The number of aromatic nitrogens is 2. The lowest BCUT2D eigenvalue weighted by Crippen LogP contribution is -2.50. The van der Waals surface area contributed by atoms with Gasteiger partial charge in [-0.25, -0.2) is 0 Å². The maximum absolute atomic E-state index is 13.0. The molecule has 0 unspecified atom stereocenters. The van der Waals surface area contributed by atoms with Crippen molar-refractivity contribution in [3.8, 4) is 11.1 Å². The van der Waals surface area contributed by atoms with E-state index >= 15 is 0 Å². The van der Waals surface area contributed by atoms with E-state index < -0.39 is 0 Å². The van der Waals surface area contributed by atoms with Crippen LogP contribution in [0.1, 0.15) is 36.5 Å². The summed E-state index contributed by atoms with van der Waals surface area (Å²) in [5, 5.41) is 8.79. The molecule has 1 aromatic heterocycles. The third-order valence-electron chi connectivity index (χ3n) is 7.89. The molecule has 1 N–H and O–H groups in total. The summed E-state index contributed by atoms with van der Waals surface area (Å²) in [6.07, 6.45) is 4.00. The number of nitrogens with one attached hydrogen (secondary N) is 1. The predicted octanol–water partition coefficient (Wildman–Crippen LogP) is 6.32. The van der Waals surface area contributed by atoms with E-state index in [1.807, 2.05) is 55.5 Å². The zero-order chi connectivity index (χ0) is 30.0. The number of halogens is 1. The van der Waals surface area contributed by atoms with Gasteiger partial charge in [-0.3, -0.25) is 24.6 Å². The summed E-state index contributed by atoms with van der Waals surface area (Å²) in [5.41, 5.74) is 6.94. The minimum Gasteiger partial charge on any atom is -0.353 e. The molecule has 8 nitrogen and oxygen atoms in total. The maximum Gasteiger partial charge on any atom is 0.246 e. The number of hydrogen-bond donors (Lipinski definition) is 1. The van der Waals surface area contributed by atoms with Crippen LogP contribution >= 0.6 is 11.6 Å². The number of H-pyrrole nitrogens is 1. The number of carbonyl (C=O) groups is 2. The summed E-state index contributed by atoms with van der Waals surface area (Å²) in [5.74, 6) is 0.811. The Labute approximate surface area is 251 Å². The number of fused-ring (bicyclic) bond motifs is 1. The first-order chi connectivity index (χ1) is 20.3. The van der Waals surface area contributed by atoms with Gasteiger partial charge in [0.15, 0.2) is 0 Å². The summed E-state index contributed by atoms with van der Waals surface area (Å²) >= 11 is 7.10. The molecule has 2 heterocycles. The van der Waals surface area contributed by atoms with Crippen molar-refractivity contribution >= 4 is 52.0 Å². The van der Waals surface area contributed by atoms with E-state index in [1.165, 1.54) is 6.08 Å². The summed E-state index contributed by atoms with van der Waals surface area (Å²) in [7, 11) is 1.74. The lowest BCUT2D eigenvalue weighted by atomic mass is 9.94. The van der Waals surface area contributed by atoms with Gasteiger partial charge in [-0.05, 0) is 59.9 Å². The molecule has 1 fully saturated rings. The third-order valence-corrected chi connectivity index (χ3v) is 8.20. The highest BCUT2D eigenvalue weighted by Gasteiger charge is 2.28. The van der Waals surface area contributed by atoms with Gasteiger partial charge in [-0.15, -0.1) is 0 Å². The molecule has 1 saturated heterocycles. The van der Waals surface area contributed by atoms with E-state index in [-0.39, 0.29) is 11.8 Å². The minimum atomic E-state index is -0.0843. The number of aliphatic imine (C=N–C) groups is 1. The normalized spacial score (nSPS) is 14.0. The SMILES string of the molecule is C=CC(=O)N1CCN(C(=NC)c2cc(Cl)c(-c3c(C)ccc4[nH]ncc34)cc2N(C=O)c2ccccc2C(C)C)CC1. The number of para-hydroxylation sites is 1. The largest absolute Gasteiger partial charge is 0.353 e. The Bertz CT molecular complexity index is 1680. The van der Waals surface area contributed by atoms with Crippen molar-refractivity contribution in [1.29, 1.82) is 0 Å². The Morgan fingerprint density at radius 2 is 1.81 bits per heavy atom. The quantitative estimate of drug-likeness (QED) is 0.120. The van der Waals surface area contributed by atoms with E-state index in [0.29, 0.717) is 42.7 Å². The van der Waals surface area contributed by atoms with Crippen molar-refractivity contribution in [2.45, 2.75) is 26.7 Å². The highest BCUT2D eigenvalue weighted by Crippen LogP contribution is 2.42. The van der Waals surface area contributed by atoms with E-state index in [2.05, 4.69) is 35.5 Å². The Morgan fingerprint density at radius 3 is 2.48 bits per heavy atom. The van der Waals surface area contributed by atoms with Crippen molar-refractivity contribution < 1.29 is 9.59 Å². The second-order valence-corrected chi connectivity index (χ2v) is 11.1. The number of hydrogen-bond acceptors (Lipinski definition) is 4. The molecule has 42 heavy (non-hydrogen) atoms. The fourth-order valence-electron chi connectivity index (χ4n) is 5.75. The average molecular weight is 583 g/mol. The summed E-state index contributed by atoms with van der Waals surface area (Å²) in [6.45, 7) is 12.1. The van der Waals surface area contributed by atoms with Gasteiger partial charge in [0.1, 0.15) is 5.84 Å². The molecule has 9 heteroatoms. The zero-order valence-corrected chi connectivity index (χ0v) is 25.2. The van der Waals surface area contributed by atoms with Crippen LogP contribution in [0.15, 0.2) is 72.4 Å². The Hall–Kier alpha value is -4.43. The van der Waals surface area contributed by atoms with E-state index in [4.69, 9.17) is 16.6 Å². The minimum absolute atomic E-state index is 0.0843. The van der Waals surface area contributed by atoms with Crippen LogP contribution in [0.2, 0.25) is 5.02 Å². The van der Waals surface area contributed by atoms with Crippen molar-refractivity contribution in [1.82, 2.24) is 20.0 Å². The number of nitrogens with zero attached hydrogens (tertiary/aromatic N) is 5. The molecule has 0 radical (unpaired) electrons. The van der Waals surface area contributed by atoms with Gasteiger partial charge in [-0.2, -0.15) is 5.10 Å². The van der Waals surface area contributed by atoms with Crippen LogP contribution < -0.4 is 4.90 Å². The zero-order valence-electron chi connectivity index (χ0n) is 24.4. The molecular weight excluding hydrogens is 548 g/mol. The van der Waals surface area contributed by atoms with Crippen LogP contribution in [-0.4, -0.2) is 71.4 Å². The number of aryl methyl sites for hydroxylation is 1. The number of amides is 2. The smallest absolute Gasteiger partial charge is 0.246 e. The summed E-state index contributed by atoms with van der Waals surface area (Å²) < 4.78 is 0. The fraction of sp³-hybridized carbons (Fsp3) is 0.273. The van der Waals surface area contributed by atoms with Gasteiger partial charge in [-0.1, -0.05) is 56.3 Å². The van der Waals surface area contributed by atoms with E-state index in [0.717, 1.165) is 50.8 Å². The molecule has 2 amide bonds. The van der Waals surface area contributed by atoms with Crippen molar-refractivity contribution in [2.24, 2.45) is 4.99 Å². The molecule has 0 spiro atoms. The molecule has 216 valence electrons. The molecule has 0 atom stereocenters. The Balaban J connectivity index is 1.71. The van der Waals surface area contributed by atoms with Gasteiger partial charge in [0.05, 0.1) is 23.1 Å².